The molecule has 0 unspecified atom stereocenters. The number of carbonyl (C=O) groups excluding carboxylic acids is 1. The van der Waals surface area contributed by atoms with Crippen molar-refractivity contribution in [3.05, 3.63) is 101 Å². The van der Waals surface area contributed by atoms with Crippen molar-refractivity contribution < 1.29 is 14.3 Å². The molecule has 1 saturated heterocycles. The maximum absolute atomic E-state index is 12.4. The third-order valence-corrected chi connectivity index (χ3v) is 6.56. The summed E-state index contributed by atoms with van der Waals surface area (Å²) in [5.41, 5.74) is 7.29. The van der Waals surface area contributed by atoms with Gasteiger partial charge in [-0.2, -0.15) is 5.26 Å². The predicted molar refractivity (Wildman–Crippen MR) is 150 cm³/mol. The Bertz CT molecular complexity index is 1290. The second kappa shape index (κ2) is 12.9. The van der Waals surface area contributed by atoms with Crippen molar-refractivity contribution in [1.29, 1.82) is 5.26 Å². The van der Waals surface area contributed by atoms with E-state index in [-0.39, 0.29) is 12.0 Å². The van der Waals surface area contributed by atoms with E-state index < -0.39 is 0 Å². The van der Waals surface area contributed by atoms with Crippen LogP contribution in [-0.4, -0.2) is 44.2 Å². The highest BCUT2D eigenvalue weighted by atomic mass is 16.5. The summed E-state index contributed by atoms with van der Waals surface area (Å²) in [6, 6.07) is 15.7. The fourth-order valence-corrected chi connectivity index (χ4v) is 4.30. The molecule has 0 spiro atoms. The van der Waals surface area contributed by atoms with Gasteiger partial charge in [-0.3, -0.25) is 4.79 Å². The summed E-state index contributed by atoms with van der Waals surface area (Å²) in [7, 11) is 3.51. The van der Waals surface area contributed by atoms with E-state index in [1.165, 1.54) is 0 Å². The predicted octanol–water partition coefficient (Wildman–Crippen LogP) is 6.83. The zero-order valence-corrected chi connectivity index (χ0v) is 22.5. The van der Waals surface area contributed by atoms with Crippen molar-refractivity contribution in [3.63, 3.8) is 0 Å². The first-order valence-corrected chi connectivity index (χ1v) is 12.5. The van der Waals surface area contributed by atoms with Gasteiger partial charge in [-0.1, -0.05) is 43.0 Å². The molecule has 0 bridgehead atoms. The second-order valence-electron chi connectivity index (χ2n) is 9.48. The van der Waals surface area contributed by atoms with Crippen LogP contribution in [0.2, 0.25) is 0 Å². The molecule has 5 nitrogen and oxygen atoms in total. The van der Waals surface area contributed by atoms with Crippen LogP contribution in [0.4, 0.5) is 0 Å². The van der Waals surface area contributed by atoms with Crippen LogP contribution in [-0.2, 0) is 4.74 Å². The molecule has 1 aliphatic heterocycles. The largest absolute Gasteiger partial charge is 0.489 e. The third kappa shape index (κ3) is 7.09. The lowest BCUT2D eigenvalue weighted by Gasteiger charge is -2.24. The summed E-state index contributed by atoms with van der Waals surface area (Å²) in [6.45, 7) is 11.5. The number of benzene rings is 2. The number of ether oxygens (including phenoxy) is 2. The summed E-state index contributed by atoms with van der Waals surface area (Å²) < 4.78 is 11.5. The first kappa shape index (κ1) is 27.7. The number of rotatable bonds is 8. The van der Waals surface area contributed by atoms with Crippen molar-refractivity contribution in [2.45, 2.75) is 39.7 Å². The van der Waals surface area contributed by atoms with E-state index in [4.69, 9.17) is 9.47 Å². The molecule has 192 valence electrons. The molecule has 2 aromatic rings. The fourth-order valence-electron chi connectivity index (χ4n) is 4.30. The Kier molecular flexibility index (Phi) is 9.65. The van der Waals surface area contributed by atoms with Gasteiger partial charge in [0.15, 0.2) is 0 Å². The van der Waals surface area contributed by atoms with Crippen molar-refractivity contribution >= 4 is 17.1 Å². The van der Waals surface area contributed by atoms with Gasteiger partial charge in [-0.15, -0.1) is 0 Å². The lowest BCUT2D eigenvalue weighted by atomic mass is 9.92. The standard InChI is InChI=1S/C32H36N2O3/c1-7-9-30(26-12-13-31(28(20-26)21-33)37-29-14-16-36-17-15-29)24(4)22(2)18-23(3)25-10-8-11-27(19-25)32(35)34(5)6/h7-13,18-20,29H,1,14-17H2,2-6H3/b23-18+,24-22+,30-9+. The molecule has 0 radical (unpaired) electrons. The average molecular weight is 497 g/mol. The Hall–Kier alpha value is -3.88. The number of hydrogen-bond donors (Lipinski definition) is 0. The zero-order valence-electron chi connectivity index (χ0n) is 22.5. The highest BCUT2D eigenvalue weighted by Crippen LogP contribution is 2.32. The molecule has 0 saturated carbocycles. The van der Waals surface area contributed by atoms with E-state index in [0.717, 1.165) is 46.3 Å². The molecule has 1 fully saturated rings. The summed E-state index contributed by atoms with van der Waals surface area (Å²) in [5.74, 6) is 0.587. The molecule has 0 aliphatic carbocycles. The molecule has 1 heterocycles. The van der Waals surface area contributed by atoms with Crippen molar-refractivity contribution in [3.8, 4) is 11.8 Å². The van der Waals surface area contributed by atoms with Crippen LogP contribution in [0.1, 0.15) is 60.7 Å². The molecule has 3 rings (SSSR count). The van der Waals surface area contributed by atoms with Gasteiger partial charge in [0.25, 0.3) is 5.91 Å². The summed E-state index contributed by atoms with van der Waals surface area (Å²) in [5, 5.41) is 9.83. The Morgan fingerprint density at radius 3 is 2.43 bits per heavy atom. The third-order valence-electron chi connectivity index (χ3n) is 6.56. The molecular formula is C32H36N2O3. The molecule has 5 heteroatoms. The zero-order chi connectivity index (χ0) is 26.9. The maximum Gasteiger partial charge on any atom is 0.253 e. The van der Waals surface area contributed by atoms with Gasteiger partial charge in [0.2, 0.25) is 0 Å². The Morgan fingerprint density at radius 1 is 1.08 bits per heavy atom. The number of hydrogen-bond acceptors (Lipinski definition) is 4. The van der Waals surface area contributed by atoms with E-state index in [1.807, 2.05) is 55.5 Å². The molecule has 2 aromatic carbocycles. The Labute approximate surface area is 221 Å². The van der Waals surface area contributed by atoms with Gasteiger partial charge in [0.1, 0.15) is 17.9 Å². The van der Waals surface area contributed by atoms with Crippen LogP contribution in [0.3, 0.4) is 0 Å². The SMILES string of the molecule is C=C\C=C(/C(C)=C(C)/C=C(\C)c1cccc(C(=O)N(C)C)c1)c1ccc(OC2CCOCC2)c(C#N)c1. The minimum absolute atomic E-state index is 0.0214. The smallest absolute Gasteiger partial charge is 0.253 e. The monoisotopic (exact) mass is 496 g/mol. The maximum atomic E-state index is 12.4. The van der Waals surface area contributed by atoms with Crippen molar-refractivity contribution in [2.75, 3.05) is 27.3 Å². The van der Waals surface area contributed by atoms with Crippen LogP contribution in [0.25, 0.3) is 11.1 Å². The minimum Gasteiger partial charge on any atom is -0.489 e. The van der Waals surface area contributed by atoms with Crippen molar-refractivity contribution in [1.82, 2.24) is 4.90 Å². The van der Waals surface area contributed by atoms with Gasteiger partial charge < -0.3 is 14.4 Å². The van der Waals surface area contributed by atoms with E-state index in [9.17, 15) is 10.1 Å². The Morgan fingerprint density at radius 2 is 1.78 bits per heavy atom. The fraction of sp³-hybridized carbons (Fsp3) is 0.312. The van der Waals surface area contributed by atoms with Gasteiger partial charge >= 0.3 is 0 Å². The number of amides is 1. The van der Waals surface area contributed by atoms with E-state index in [0.29, 0.717) is 30.1 Å². The normalized spacial score (nSPS) is 15.5. The summed E-state index contributed by atoms with van der Waals surface area (Å²) >= 11 is 0. The highest BCUT2D eigenvalue weighted by Gasteiger charge is 2.18. The van der Waals surface area contributed by atoms with Crippen LogP contribution in [0.5, 0.6) is 5.75 Å². The first-order chi connectivity index (χ1) is 17.7. The van der Waals surface area contributed by atoms with Gasteiger partial charge in [-0.05, 0) is 78.5 Å². The van der Waals surface area contributed by atoms with Gasteiger partial charge in [-0.25, -0.2) is 0 Å². The van der Waals surface area contributed by atoms with Gasteiger partial charge in [0.05, 0.1) is 18.8 Å². The second-order valence-corrected chi connectivity index (χ2v) is 9.48. The number of nitrogens with zero attached hydrogens (tertiary/aromatic N) is 2. The van der Waals surface area contributed by atoms with E-state index in [1.54, 1.807) is 25.1 Å². The molecular weight excluding hydrogens is 460 g/mol. The first-order valence-electron chi connectivity index (χ1n) is 12.5. The molecule has 1 amide bonds. The quantitative estimate of drug-likeness (QED) is 0.376. The molecule has 0 aromatic heterocycles. The highest BCUT2D eigenvalue weighted by molar-refractivity contribution is 5.94. The lowest BCUT2D eigenvalue weighted by Crippen LogP contribution is -2.26. The summed E-state index contributed by atoms with van der Waals surface area (Å²) in [6.07, 6.45) is 7.57. The van der Waals surface area contributed by atoms with Crippen LogP contribution in [0, 0.1) is 11.3 Å². The Balaban J connectivity index is 1.92. The molecule has 0 atom stereocenters. The van der Waals surface area contributed by atoms with Crippen LogP contribution < -0.4 is 4.74 Å². The molecule has 0 N–H and O–H groups in total. The number of allylic oxidation sites excluding steroid dienone is 7. The van der Waals surface area contributed by atoms with E-state index >= 15 is 0 Å². The van der Waals surface area contributed by atoms with E-state index in [2.05, 4.69) is 32.6 Å². The van der Waals surface area contributed by atoms with Crippen LogP contribution in [0.15, 0.2) is 78.4 Å². The average Bonchev–Trinajstić information content (AvgIpc) is 2.91. The minimum atomic E-state index is -0.0214. The molecule has 37 heavy (non-hydrogen) atoms. The van der Waals surface area contributed by atoms with Crippen LogP contribution >= 0.6 is 0 Å². The van der Waals surface area contributed by atoms with Gasteiger partial charge in [0, 0.05) is 32.5 Å². The molecule has 1 aliphatic rings. The van der Waals surface area contributed by atoms with Crippen molar-refractivity contribution in [2.24, 2.45) is 0 Å². The topological polar surface area (TPSA) is 62.6 Å². The summed E-state index contributed by atoms with van der Waals surface area (Å²) in [4.78, 5) is 14.0. The number of nitriles is 1. The number of carbonyl (C=O) groups is 1. The lowest BCUT2D eigenvalue weighted by molar-refractivity contribution is 0.0254.